The number of hydrogen-bond acceptors (Lipinski definition) is 6. The lowest BCUT2D eigenvalue weighted by molar-refractivity contribution is 0.102. The number of nitrogens with zero attached hydrogens (tertiary/aromatic N) is 3. The van der Waals surface area contributed by atoms with Gasteiger partial charge in [0.2, 0.25) is 0 Å². The Morgan fingerprint density at radius 3 is 2.50 bits per heavy atom. The van der Waals surface area contributed by atoms with Crippen LogP contribution in [0.25, 0.3) is 5.69 Å². The van der Waals surface area contributed by atoms with E-state index in [-0.39, 0.29) is 11.5 Å². The fraction of sp³-hybridized carbons (Fsp3) is 0.118. The van der Waals surface area contributed by atoms with Gasteiger partial charge in [0, 0.05) is 5.69 Å². The Labute approximate surface area is 154 Å². The van der Waals surface area contributed by atoms with Gasteiger partial charge in [-0.05, 0) is 42.5 Å². The molecule has 0 aliphatic heterocycles. The Kier molecular flexibility index (Phi) is 4.94. The summed E-state index contributed by atoms with van der Waals surface area (Å²) in [6, 6.07) is 11.9. The second kappa shape index (κ2) is 7.32. The van der Waals surface area contributed by atoms with Gasteiger partial charge in [0.1, 0.15) is 11.5 Å². The molecule has 0 fully saturated rings. The molecule has 3 rings (SSSR count). The number of hydrogen-bond donors (Lipinski definition) is 2. The third kappa shape index (κ3) is 3.40. The van der Waals surface area contributed by atoms with Crippen molar-refractivity contribution in [3.8, 4) is 17.2 Å². The third-order valence-electron chi connectivity index (χ3n) is 3.65. The van der Waals surface area contributed by atoms with E-state index in [0.717, 1.165) is 0 Å². The van der Waals surface area contributed by atoms with Gasteiger partial charge in [-0.2, -0.15) is 4.68 Å². The number of carbonyl (C=O) groups excluding carboxylic acids is 1. The molecule has 134 valence electrons. The second-order valence-electron chi connectivity index (χ2n) is 5.24. The fourth-order valence-electron chi connectivity index (χ4n) is 2.30. The van der Waals surface area contributed by atoms with Crippen molar-refractivity contribution in [1.82, 2.24) is 15.0 Å². The molecular weight excluding hydrogens is 358 g/mol. The standard InChI is InChI=1S/C17H16ClN5O3/c1-25-12-6-4-11(5-7-12)23-16(19)15(21-22-23)17(24)20-10-3-8-14(26-2)13(18)9-10/h3-9H,19H2,1-2H3,(H,20,24). The van der Waals surface area contributed by atoms with E-state index >= 15 is 0 Å². The molecule has 26 heavy (non-hydrogen) atoms. The monoisotopic (exact) mass is 373 g/mol. The third-order valence-corrected chi connectivity index (χ3v) is 3.94. The van der Waals surface area contributed by atoms with Gasteiger partial charge in [0.05, 0.1) is 24.9 Å². The van der Waals surface area contributed by atoms with Crippen LogP contribution in [0, 0.1) is 0 Å². The van der Waals surface area contributed by atoms with Crippen LogP contribution in [0.1, 0.15) is 10.5 Å². The average Bonchev–Trinajstić information content (AvgIpc) is 3.03. The summed E-state index contributed by atoms with van der Waals surface area (Å²) in [5, 5.41) is 10.9. The zero-order valence-corrected chi connectivity index (χ0v) is 14.8. The van der Waals surface area contributed by atoms with Gasteiger partial charge >= 0.3 is 0 Å². The molecule has 0 saturated heterocycles. The lowest BCUT2D eigenvalue weighted by Gasteiger charge is -2.07. The summed E-state index contributed by atoms with van der Waals surface area (Å²) in [6.45, 7) is 0. The SMILES string of the molecule is COc1ccc(-n2nnc(C(=O)Nc3ccc(OC)c(Cl)c3)c2N)cc1. The van der Waals surface area contributed by atoms with Gasteiger partial charge < -0.3 is 20.5 Å². The number of nitrogen functional groups attached to an aromatic ring is 1. The van der Waals surface area contributed by atoms with E-state index in [1.54, 1.807) is 49.6 Å². The first-order valence-electron chi connectivity index (χ1n) is 7.54. The molecule has 2 aromatic carbocycles. The summed E-state index contributed by atoms with van der Waals surface area (Å²) in [5.74, 6) is 0.826. The molecule has 9 heteroatoms. The molecule has 0 spiro atoms. The highest BCUT2D eigenvalue weighted by molar-refractivity contribution is 6.32. The molecule has 0 aliphatic rings. The minimum absolute atomic E-state index is 0.00718. The first kappa shape index (κ1) is 17.6. The van der Waals surface area contributed by atoms with Crippen LogP contribution in [0.5, 0.6) is 11.5 Å². The lowest BCUT2D eigenvalue weighted by Crippen LogP contribution is -2.15. The maximum atomic E-state index is 12.4. The van der Waals surface area contributed by atoms with Crippen molar-refractivity contribution in [2.45, 2.75) is 0 Å². The van der Waals surface area contributed by atoms with Crippen molar-refractivity contribution in [3.63, 3.8) is 0 Å². The number of anilines is 2. The second-order valence-corrected chi connectivity index (χ2v) is 5.64. The highest BCUT2D eigenvalue weighted by atomic mass is 35.5. The first-order valence-corrected chi connectivity index (χ1v) is 7.91. The molecular formula is C17H16ClN5O3. The van der Waals surface area contributed by atoms with E-state index in [4.69, 9.17) is 26.8 Å². The Morgan fingerprint density at radius 1 is 1.15 bits per heavy atom. The molecule has 3 aromatic rings. The minimum Gasteiger partial charge on any atom is -0.497 e. The molecule has 1 aromatic heterocycles. The van der Waals surface area contributed by atoms with E-state index < -0.39 is 5.91 Å². The maximum Gasteiger partial charge on any atom is 0.280 e. The van der Waals surface area contributed by atoms with Gasteiger partial charge in [-0.1, -0.05) is 16.8 Å². The van der Waals surface area contributed by atoms with Crippen molar-refractivity contribution in [2.75, 3.05) is 25.3 Å². The number of amides is 1. The quantitative estimate of drug-likeness (QED) is 0.712. The average molecular weight is 374 g/mol. The van der Waals surface area contributed by atoms with Crippen molar-refractivity contribution in [3.05, 3.63) is 53.2 Å². The van der Waals surface area contributed by atoms with Gasteiger partial charge in [0.15, 0.2) is 11.5 Å². The van der Waals surface area contributed by atoms with E-state index in [2.05, 4.69) is 15.6 Å². The van der Waals surface area contributed by atoms with Crippen molar-refractivity contribution in [1.29, 1.82) is 0 Å². The normalized spacial score (nSPS) is 10.4. The minimum atomic E-state index is -0.497. The molecule has 1 amide bonds. The zero-order chi connectivity index (χ0) is 18.7. The predicted octanol–water partition coefficient (Wildman–Crippen LogP) is 2.77. The number of nitrogens with two attached hydrogens (primary N) is 1. The molecule has 0 bridgehead atoms. The number of rotatable bonds is 5. The summed E-state index contributed by atoms with van der Waals surface area (Å²) >= 11 is 6.06. The fourth-order valence-corrected chi connectivity index (χ4v) is 2.56. The molecule has 8 nitrogen and oxygen atoms in total. The molecule has 0 aliphatic carbocycles. The van der Waals surface area contributed by atoms with Crippen LogP contribution in [0.3, 0.4) is 0 Å². The number of methoxy groups -OCH3 is 2. The van der Waals surface area contributed by atoms with Gasteiger partial charge in [-0.15, -0.1) is 5.10 Å². The number of benzene rings is 2. The van der Waals surface area contributed by atoms with Gasteiger partial charge in [-0.25, -0.2) is 0 Å². The van der Waals surface area contributed by atoms with Crippen LogP contribution < -0.4 is 20.5 Å². The summed E-state index contributed by atoms with van der Waals surface area (Å²) in [6.07, 6.45) is 0. The molecule has 0 atom stereocenters. The van der Waals surface area contributed by atoms with E-state index in [1.807, 2.05) is 0 Å². The topological polar surface area (TPSA) is 104 Å². The molecule has 0 unspecified atom stereocenters. The summed E-state index contributed by atoms with van der Waals surface area (Å²) in [5.41, 5.74) is 7.18. The highest BCUT2D eigenvalue weighted by Gasteiger charge is 2.19. The van der Waals surface area contributed by atoms with Crippen molar-refractivity contribution >= 4 is 29.0 Å². The Morgan fingerprint density at radius 2 is 1.88 bits per heavy atom. The number of carbonyl (C=O) groups is 1. The van der Waals surface area contributed by atoms with E-state index in [1.165, 1.54) is 11.8 Å². The van der Waals surface area contributed by atoms with Crippen LogP contribution in [0.2, 0.25) is 5.02 Å². The van der Waals surface area contributed by atoms with Crippen LogP contribution in [-0.4, -0.2) is 35.1 Å². The number of halogens is 1. The van der Waals surface area contributed by atoms with Crippen LogP contribution in [-0.2, 0) is 0 Å². The predicted molar refractivity (Wildman–Crippen MR) is 98.3 cm³/mol. The molecule has 1 heterocycles. The summed E-state index contributed by atoms with van der Waals surface area (Å²) < 4.78 is 11.6. The van der Waals surface area contributed by atoms with Crippen molar-refractivity contribution < 1.29 is 14.3 Å². The summed E-state index contributed by atoms with van der Waals surface area (Å²) in [7, 11) is 3.09. The van der Waals surface area contributed by atoms with Gasteiger partial charge in [-0.3, -0.25) is 4.79 Å². The molecule has 0 saturated carbocycles. The first-order chi connectivity index (χ1) is 12.5. The van der Waals surface area contributed by atoms with E-state index in [0.29, 0.717) is 27.9 Å². The Balaban J connectivity index is 1.82. The lowest BCUT2D eigenvalue weighted by atomic mass is 10.2. The largest absolute Gasteiger partial charge is 0.497 e. The Bertz CT molecular complexity index is 940. The van der Waals surface area contributed by atoms with Gasteiger partial charge in [0.25, 0.3) is 5.91 Å². The zero-order valence-electron chi connectivity index (χ0n) is 14.1. The van der Waals surface area contributed by atoms with Crippen LogP contribution in [0.15, 0.2) is 42.5 Å². The molecule has 0 radical (unpaired) electrons. The Hall–Kier alpha value is -3.26. The van der Waals surface area contributed by atoms with Crippen LogP contribution >= 0.6 is 11.6 Å². The maximum absolute atomic E-state index is 12.4. The molecule has 3 N–H and O–H groups in total. The number of aromatic nitrogens is 3. The van der Waals surface area contributed by atoms with Crippen molar-refractivity contribution in [2.24, 2.45) is 0 Å². The summed E-state index contributed by atoms with van der Waals surface area (Å²) in [4.78, 5) is 12.4. The van der Waals surface area contributed by atoms with E-state index in [9.17, 15) is 4.79 Å². The number of ether oxygens (including phenoxy) is 2. The smallest absolute Gasteiger partial charge is 0.280 e. The number of nitrogens with one attached hydrogen (secondary N) is 1. The van der Waals surface area contributed by atoms with Crippen LogP contribution in [0.4, 0.5) is 11.5 Å². The highest BCUT2D eigenvalue weighted by Crippen LogP contribution is 2.27.